The Bertz CT molecular complexity index is 1000. The number of pyridine rings is 2. The number of carbonyl (C=O) groups is 2. The third kappa shape index (κ3) is 5.43. The van der Waals surface area contributed by atoms with Gasteiger partial charge >= 0.3 is 5.97 Å². The molecule has 8 nitrogen and oxygen atoms in total. The molecule has 1 unspecified atom stereocenters. The molecule has 1 fully saturated rings. The fraction of sp³-hybridized carbons (Fsp3) is 0.520. The third-order valence-electron chi connectivity index (χ3n) is 6.84. The number of methoxy groups -OCH3 is 1. The predicted octanol–water partition coefficient (Wildman–Crippen LogP) is 3.52. The number of aryl methyl sites for hydroxylation is 2. The molecule has 176 valence electrons. The molecule has 33 heavy (non-hydrogen) atoms. The zero-order valence-electron chi connectivity index (χ0n) is 19.3. The maximum absolute atomic E-state index is 13.0. The number of fused-ring (bicyclic) bond motifs is 1. The zero-order valence-corrected chi connectivity index (χ0v) is 19.3. The number of carboxylic acids is 1. The highest BCUT2D eigenvalue weighted by Crippen LogP contribution is 2.48. The quantitative estimate of drug-likeness (QED) is 0.533. The van der Waals surface area contributed by atoms with Crippen LogP contribution in [-0.4, -0.2) is 40.6 Å². The fourth-order valence-electron chi connectivity index (χ4n) is 4.94. The van der Waals surface area contributed by atoms with Crippen molar-refractivity contribution in [3.63, 3.8) is 0 Å². The van der Waals surface area contributed by atoms with Crippen LogP contribution in [0.15, 0.2) is 30.5 Å². The molecule has 1 aliphatic carbocycles. The largest absolute Gasteiger partial charge is 0.481 e. The molecule has 0 bridgehead atoms. The number of carboxylic acid groups (broad SMARTS) is 1. The van der Waals surface area contributed by atoms with Gasteiger partial charge in [-0.1, -0.05) is 19.1 Å². The van der Waals surface area contributed by atoms with Crippen molar-refractivity contribution in [1.82, 2.24) is 15.3 Å². The molecule has 3 heterocycles. The van der Waals surface area contributed by atoms with Gasteiger partial charge in [0.15, 0.2) is 0 Å². The molecule has 0 spiro atoms. The smallest absolute Gasteiger partial charge is 0.305 e. The van der Waals surface area contributed by atoms with Crippen LogP contribution in [0.2, 0.25) is 0 Å². The van der Waals surface area contributed by atoms with Crippen molar-refractivity contribution in [2.75, 3.05) is 19.0 Å². The van der Waals surface area contributed by atoms with E-state index in [0.29, 0.717) is 17.4 Å². The molecule has 1 saturated carbocycles. The molecule has 4 rings (SSSR count). The molecular weight excluding hydrogens is 420 g/mol. The monoisotopic (exact) mass is 452 g/mol. The van der Waals surface area contributed by atoms with Gasteiger partial charge in [0.25, 0.3) is 0 Å². The molecule has 3 N–H and O–H groups in total. The second-order valence-corrected chi connectivity index (χ2v) is 9.47. The summed E-state index contributed by atoms with van der Waals surface area (Å²) in [5.41, 5.74) is 2.56. The molecule has 2 aromatic rings. The Morgan fingerprint density at radius 2 is 2.12 bits per heavy atom. The van der Waals surface area contributed by atoms with Crippen LogP contribution in [0.5, 0.6) is 5.88 Å². The van der Waals surface area contributed by atoms with Crippen molar-refractivity contribution in [1.29, 1.82) is 0 Å². The first-order valence-electron chi connectivity index (χ1n) is 11.6. The minimum Gasteiger partial charge on any atom is -0.481 e. The van der Waals surface area contributed by atoms with Crippen molar-refractivity contribution in [3.8, 4) is 5.88 Å². The van der Waals surface area contributed by atoms with Crippen molar-refractivity contribution < 1.29 is 19.4 Å². The van der Waals surface area contributed by atoms with Crippen LogP contribution in [0.25, 0.3) is 0 Å². The van der Waals surface area contributed by atoms with E-state index in [4.69, 9.17) is 9.72 Å². The number of nitrogens with one attached hydrogen (secondary N) is 2. The molecule has 2 aliphatic rings. The van der Waals surface area contributed by atoms with Crippen LogP contribution >= 0.6 is 0 Å². The van der Waals surface area contributed by atoms with E-state index in [1.54, 1.807) is 18.3 Å². The first-order chi connectivity index (χ1) is 15.9. The predicted molar refractivity (Wildman–Crippen MR) is 124 cm³/mol. The number of nitrogens with zero attached hydrogens (tertiary/aromatic N) is 2. The van der Waals surface area contributed by atoms with E-state index in [1.807, 2.05) is 6.92 Å². The minimum absolute atomic E-state index is 0.100. The number of amides is 1. The summed E-state index contributed by atoms with van der Waals surface area (Å²) in [5, 5.41) is 15.7. The van der Waals surface area contributed by atoms with Gasteiger partial charge in [0.2, 0.25) is 11.8 Å². The summed E-state index contributed by atoms with van der Waals surface area (Å²) in [6, 6.07) is 7.08. The van der Waals surface area contributed by atoms with Crippen molar-refractivity contribution >= 4 is 17.7 Å². The highest BCUT2D eigenvalue weighted by molar-refractivity contribution is 5.84. The van der Waals surface area contributed by atoms with Crippen molar-refractivity contribution in [2.45, 2.75) is 57.9 Å². The number of ether oxygens (including phenoxy) is 1. The summed E-state index contributed by atoms with van der Waals surface area (Å²) in [6.45, 7) is 2.94. The van der Waals surface area contributed by atoms with Gasteiger partial charge in [-0.15, -0.1) is 0 Å². The molecule has 1 aliphatic heterocycles. The molecule has 0 saturated heterocycles. The van der Waals surface area contributed by atoms with Gasteiger partial charge in [-0.2, -0.15) is 0 Å². The summed E-state index contributed by atoms with van der Waals surface area (Å²) in [6.07, 6.45) is 7.08. The molecule has 1 amide bonds. The SMILES string of the molecule is COc1ccc(C(CC(=O)O)NC(=O)C2(C)CC(CCc3ccc4c(n3)NCCC4)C2)cn1. The van der Waals surface area contributed by atoms with E-state index in [1.165, 1.54) is 12.7 Å². The van der Waals surface area contributed by atoms with Gasteiger partial charge < -0.3 is 20.5 Å². The fourth-order valence-corrected chi connectivity index (χ4v) is 4.94. The second-order valence-electron chi connectivity index (χ2n) is 9.47. The van der Waals surface area contributed by atoms with Gasteiger partial charge in [-0.25, -0.2) is 9.97 Å². The van der Waals surface area contributed by atoms with E-state index in [9.17, 15) is 14.7 Å². The summed E-state index contributed by atoms with van der Waals surface area (Å²) >= 11 is 0. The van der Waals surface area contributed by atoms with Gasteiger partial charge in [-0.3, -0.25) is 9.59 Å². The average molecular weight is 453 g/mol. The van der Waals surface area contributed by atoms with Crippen LogP contribution in [0.1, 0.15) is 61.9 Å². The standard InChI is InChI=1S/C25H32N4O4/c1-25(24(32)29-20(12-22(30)31)18-7-10-21(33-2)27-15-18)13-16(14-25)5-8-19-9-6-17-4-3-11-26-23(17)28-19/h6-7,9-10,15-16,20H,3-5,8,11-14H2,1-2H3,(H,26,28)(H,29,32)(H,30,31). The normalized spacial score (nSPS) is 22.3. The Hall–Kier alpha value is -3.16. The Labute approximate surface area is 194 Å². The van der Waals surface area contributed by atoms with Crippen LogP contribution in [0, 0.1) is 11.3 Å². The van der Waals surface area contributed by atoms with Gasteiger partial charge in [-0.05, 0) is 61.6 Å². The van der Waals surface area contributed by atoms with Gasteiger partial charge in [0, 0.05) is 29.9 Å². The molecule has 0 aromatic carbocycles. The van der Waals surface area contributed by atoms with Crippen LogP contribution in [0.3, 0.4) is 0 Å². The summed E-state index contributed by atoms with van der Waals surface area (Å²) < 4.78 is 5.06. The summed E-state index contributed by atoms with van der Waals surface area (Å²) in [7, 11) is 1.52. The van der Waals surface area contributed by atoms with E-state index in [0.717, 1.165) is 56.6 Å². The summed E-state index contributed by atoms with van der Waals surface area (Å²) in [4.78, 5) is 33.3. The van der Waals surface area contributed by atoms with Crippen molar-refractivity contribution in [2.24, 2.45) is 11.3 Å². The Morgan fingerprint density at radius 1 is 1.30 bits per heavy atom. The number of carbonyl (C=O) groups excluding carboxylic acids is 1. The molecular formula is C25H32N4O4. The molecule has 1 atom stereocenters. The lowest BCUT2D eigenvalue weighted by atomic mass is 9.61. The molecule has 2 aromatic heterocycles. The van der Waals surface area contributed by atoms with Crippen LogP contribution in [-0.2, 0) is 22.4 Å². The Morgan fingerprint density at radius 3 is 2.82 bits per heavy atom. The van der Waals surface area contributed by atoms with E-state index >= 15 is 0 Å². The van der Waals surface area contributed by atoms with Crippen LogP contribution in [0.4, 0.5) is 5.82 Å². The molecule has 8 heteroatoms. The minimum atomic E-state index is -0.972. The van der Waals surface area contributed by atoms with E-state index in [2.05, 4.69) is 27.8 Å². The summed E-state index contributed by atoms with van der Waals surface area (Å²) in [5.74, 6) is 0.857. The third-order valence-corrected chi connectivity index (χ3v) is 6.84. The number of aromatic nitrogens is 2. The number of aliphatic carboxylic acids is 1. The van der Waals surface area contributed by atoms with Gasteiger partial charge in [0.1, 0.15) is 5.82 Å². The lowest BCUT2D eigenvalue weighted by molar-refractivity contribution is -0.140. The molecule has 0 radical (unpaired) electrons. The van der Waals surface area contributed by atoms with E-state index < -0.39 is 17.4 Å². The topological polar surface area (TPSA) is 113 Å². The zero-order chi connectivity index (χ0) is 23.4. The maximum atomic E-state index is 13.0. The number of rotatable bonds is 9. The Kier molecular flexibility index (Phi) is 6.81. The van der Waals surface area contributed by atoms with E-state index in [-0.39, 0.29) is 12.3 Å². The highest BCUT2D eigenvalue weighted by atomic mass is 16.5. The number of anilines is 1. The average Bonchev–Trinajstić information content (AvgIpc) is 2.80. The second kappa shape index (κ2) is 9.77. The van der Waals surface area contributed by atoms with Crippen LogP contribution < -0.4 is 15.4 Å². The first kappa shape index (κ1) is 23.0. The Balaban J connectivity index is 1.31. The lowest BCUT2D eigenvalue weighted by Gasteiger charge is -2.44. The van der Waals surface area contributed by atoms with Gasteiger partial charge in [0.05, 0.1) is 19.6 Å². The highest BCUT2D eigenvalue weighted by Gasteiger charge is 2.46. The lowest BCUT2D eigenvalue weighted by Crippen LogP contribution is -2.49. The number of hydrogen-bond donors (Lipinski definition) is 3. The maximum Gasteiger partial charge on any atom is 0.305 e. The first-order valence-corrected chi connectivity index (χ1v) is 11.6. The van der Waals surface area contributed by atoms with Crippen molar-refractivity contribution in [3.05, 3.63) is 47.3 Å². The number of hydrogen-bond acceptors (Lipinski definition) is 6.